The van der Waals surface area contributed by atoms with Crippen molar-refractivity contribution in [1.29, 1.82) is 0 Å². The molecule has 0 aromatic carbocycles. The fourth-order valence-corrected chi connectivity index (χ4v) is 2.32. The van der Waals surface area contributed by atoms with Crippen LogP contribution in [0.25, 0.3) is 0 Å². The number of hydrogen-bond acceptors (Lipinski definition) is 4. The van der Waals surface area contributed by atoms with Crippen LogP contribution in [0.5, 0.6) is 0 Å². The Morgan fingerprint density at radius 3 is 3.20 bits per heavy atom. The molecule has 1 atom stereocenters. The first-order chi connectivity index (χ1) is 7.34. The Bertz CT molecular complexity index is 341. The van der Waals surface area contributed by atoms with Gasteiger partial charge in [-0.3, -0.25) is 4.79 Å². The molecule has 2 rings (SSSR count). The summed E-state index contributed by atoms with van der Waals surface area (Å²) in [4.78, 5) is 13.7. The second-order valence-corrected chi connectivity index (χ2v) is 4.64. The second kappa shape index (κ2) is 5.44. The van der Waals surface area contributed by atoms with Crippen molar-refractivity contribution in [1.82, 2.24) is 10.3 Å². The average molecular weight is 228 g/mol. The Kier molecular flexibility index (Phi) is 3.94. The van der Waals surface area contributed by atoms with Gasteiger partial charge in [0.1, 0.15) is 0 Å². The number of nitrogens with one attached hydrogen (secondary N) is 2. The van der Waals surface area contributed by atoms with Gasteiger partial charge in [0.05, 0.1) is 6.10 Å². The molecule has 1 aliphatic heterocycles. The Hall–Kier alpha value is -0.650. The van der Waals surface area contributed by atoms with Crippen LogP contribution in [0.3, 0.4) is 0 Å². The van der Waals surface area contributed by atoms with E-state index in [1.807, 2.05) is 5.38 Å². The third-order valence-electron chi connectivity index (χ3n) is 2.53. The van der Waals surface area contributed by atoms with Gasteiger partial charge in [-0.25, -0.2) is 0 Å². The summed E-state index contributed by atoms with van der Waals surface area (Å²) in [6.07, 6.45) is 3.95. The molecule has 1 aliphatic rings. The summed E-state index contributed by atoms with van der Waals surface area (Å²) in [6, 6.07) is 0. The SMILES string of the molecule is O=c1[nH]c(CNCC2CCCCO2)cs1. The molecule has 1 saturated heterocycles. The molecule has 2 N–H and O–H groups in total. The minimum Gasteiger partial charge on any atom is -0.377 e. The molecule has 15 heavy (non-hydrogen) atoms. The number of aromatic amines is 1. The van der Waals surface area contributed by atoms with Crippen molar-refractivity contribution in [3.8, 4) is 0 Å². The van der Waals surface area contributed by atoms with Crippen molar-refractivity contribution >= 4 is 11.3 Å². The lowest BCUT2D eigenvalue weighted by Crippen LogP contribution is -2.31. The maximum absolute atomic E-state index is 10.9. The molecular formula is C10H16N2O2S. The minimum absolute atomic E-state index is 0.0146. The maximum atomic E-state index is 10.9. The molecule has 1 aromatic rings. The molecule has 0 radical (unpaired) electrons. The standard InChI is InChI=1S/C10H16N2O2S/c13-10-12-8(7-15-10)5-11-6-9-3-1-2-4-14-9/h7,9,11H,1-6H2,(H,12,13). The van der Waals surface area contributed by atoms with Crippen molar-refractivity contribution in [3.05, 3.63) is 20.7 Å². The Morgan fingerprint density at radius 2 is 2.53 bits per heavy atom. The zero-order valence-electron chi connectivity index (χ0n) is 8.62. The van der Waals surface area contributed by atoms with E-state index in [2.05, 4.69) is 10.3 Å². The molecule has 2 heterocycles. The zero-order chi connectivity index (χ0) is 10.5. The van der Waals surface area contributed by atoms with E-state index in [0.29, 0.717) is 6.10 Å². The lowest BCUT2D eigenvalue weighted by molar-refractivity contribution is 0.0167. The van der Waals surface area contributed by atoms with Gasteiger partial charge in [0, 0.05) is 30.8 Å². The van der Waals surface area contributed by atoms with Crippen LogP contribution in [-0.2, 0) is 11.3 Å². The van der Waals surface area contributed by atoms with E-state index in [1.165, 1.54) is 24.2 Å². The number of ether oxygens (including phenoxy) is 1. The van der Waals surface area contributed by atoms with Gasteiger partial charge in [-0.1, -0.05) is 11.3 Å². The first kappa shape index (κ1) is 10.9. The van der Waals surface area contributed by atoms with E-state index in [4.69, 9.17) is 4.74 Å². The van der Waals surface area contributed by atoms with Gasteiger partial charge in [-0.2, -0.15) is 0 Å². The monoisotopic (exact) mass is 228 g/mol. The van der Waals surface area contributed by atoms with Crippen molar-refractivity contribution in [2.24, 2.45) is 0 Å². The van der Waals surface area contributed by atoms with Crippen LogP contribution >= 0.6 is 11.3 Å². The second-order valence-electron chi connectivity index (χ2n) is 3.79. The van der Waals surface area contributed by atoms with Gasteiger partial charge in [0.15, 0.2) is 0 Å². The van der Waals surface area contributed by atoms with E-state index >= 15 is 0 Å². The molecule has 84 valence electrons. The molecule has 1 unspecified atom stereocenters. The van der Waals surface area contributed by atoms with Crippen LogP contribution in [0.4, 0.5) is 0 Å². The molecular weight excluding hydrogens is 212 g/mol. The van der Waals surface area contributed by atoms with Crippen LogP contribution in [0.1, 0.15) is 25.0 Å². The molecule has 5 heteroatoms. The van der Waals surface area contributed by atoms with E-state index in [9.17, 15) is 4.79 Å². The lowest BCUT2D eigenvalue weighted by atomic mass is 10.1. The van der Waals surface area contributed by atoms with Crippen LogP contribution < -0.4 is 10.2 Å². The quantitative estimate of drug-likeness (QED) is 0.811. The summed E-state index contributed by atoms with van der Waals surface area (Å²) in [5.41, 5.74) is 0.959. The molecule has 4 nitrogen and oxygen atoms in total. The largest absolute Gasteiger partial charge is 0.377 e. The highest BCUT2D eigenvalue weighted by Crippen LogP contribution is 2.11. The summed E-state index contributed by atoms with van der Waals surface area (Å²) >= 11 is 1.21. The van der Waals surface area contributed by atoms with Crippen LogP contribution in [0.15, 0.2) is 10.2 Å². The van der Waals surface area contributed by atoms with Crippen molar-refractivity contribution in [2.75, 3.05) is 13.2 Å². The number of aromatic nitrogens is 1. The Morgan fingerprint density at radius 1 is 1.60 bits per heavy atom. The normalized spacial score (nSPS) is 21.7. The van der Waals surface area contributed by atoms with E-state index in [-0.39, 0.29) is 4.87 Å². The topological polar surface area (TPSA) is 54.1 Å². The highest BCUT2D eigenvalue weighted by atomic mass is 32.1. The van der Waals surface area contributed by atoms with E-state index in [1.54, 1.807) is 0 Å². The van der Waals surface area contributed by atoms with Gasteiger partial charge in [0.25, 0.3) is 0 Å². The lowest BCUT2D eigenvalue weighted by Gasteiger charge is -2.22. The molecule has 1 aromatic heterocycles. The number of thiazole rings is 1. The number of H-pyrrole nitrogens is 1. The highest BCUT2D eigenvalue weighted by Gasteiger charge is 2.12. The average Bonchev–Trinajstić information content (AvgIpc) is 2.66. The van der Waals surface area contributed by atoms with E-state index in [0.717, 1.165) is 31.8 Å². The predicted molar refractivity (Wildman–Crippen MR) is 60.2 cm³/mol. The smallest absolute Gasteiger partial charge is 0.304 e. The van der Waals surface area contributed by atoms with E-state index < -0.39 is 0 Å². The van der Waals surface area contributed by atoms with Gasteiger partial charge in [-0.15, -0.1) is 0 Å². The van der Waals surface area contributed by atoms with Crippen molar-refractivity contribution in [2.45, 2.75) is 31.9 Å². The highest BCUT2D eigenvalue weighted by molar-refractivity contribution is 7.07. The molecule has 0 saturated carbocycles. The summed E-state index contributed by atoms with van der Waals surface area (Å²) in [5, 5.41) is 5.15. The fourth-order valence-electron chi connectivity index (χ4n) is 1.74. The van der Waals surface area contributed by atoms with Gasteiger partial charge >= 0.3 is 4.87 Å². The number of rotatable bonds is 4. The Labute approximate surface area is 92.7 Å². The molecule has 0 bridgehead atoms. The summed E-state index contributed by atoms with van der Waals surface area (Å²) < 4.78 is 5.59. The van der Waals surface area contributed by atoms with Crippen LogP contribution in [-0.4, -0.2) is 24.2 Å². The third-order valence-corrected chi connectivity index (χ3v) is 3.25. The molecule has 0 spiro atoms. The predicted octanol–water partition coefficient (Wildman–Crippen LogP) is 1.10. The number of hydrogen-bond donors (Lipinski definition) is 2. The third kappa shape index (κ3) is 3.44. The summed E-state index contributed by atoms with van der Waals surface area (Å²) in [5.74, 6) is 0. The van der Waals surface area contributed by atoms with Gasteiger partial charge < -0.3 is 15.0 Å². The first-order valence-corrected chi connectivity index (χ1v) is 6.21. The van der Waals surface area contributed by atoms with Gasteiger partial charge in [-0.05, 0) is 19.3 Å². The molecule has 0 amide bonds. The van der Waals surface area contributed by atoms with Crippen molar-refractivity contribution < 1.29 is 4.74 Å². The fraction of sp³-hybridized carbons (Fsp3) is 0.700. The first-order valence-electron chi connectivity index (χ1n) is 5.33. The molecule has 1 fully saturated rings. The summed E-state index contributed by atoms with van der Waals surface area (Å²) in [7, 11) is 0. The van der Waals surface area contributed by atoms with Gasteiger partial charge in [0.2, 0.25) is 0 Å². The Balaban J connectivity index is 1.68. The van der Waals surface area contributed by atoms with Crippen LogP contribution in [0.2, 0.25) is 0 Å². The molecule has 0 aliphatic carbocycles. The van der Waals surface area contributed by atoms with Crippen LogP contribution in [0, 0.1) is 0 Å². The zero-order valence-corrected chi connectivity index (χ0v) is 9.44. The minimum atomic E-state index is 0.0146. The van der Waals surface area contributed by atoms with Crippen molar-refractivity contribution in [3.63, 3.8) is 0 Å². The summed E-state index contributed by atoms with van der Waals surface area (Å²) in [6.45, 7) is 2.48. The maximum Gasteiger partial charge on any atom is 0.304 e.